The minimum atomic E-state index is 0.213. The number of nitrogens with one attached hydrogen (secondary N) is 1. The maximum Gasteiger partial charge on any atom is 0.157 e. The fraction of sp³-hybridized carbons (Fsp3) is 0.0526. The fourth-order valence-corrected chi connectivity index (χ4v) is 2.72. The van der Waals surface area contributed by atoms with Crippen LogP contribution in [-0.2, 0) is 0 Å². The largest absolute Gasteiger partial charge is 0.508 e. The summed E-state index contributed by atoms with van der Waals surface area (Å²) in [5, 5.41) is 13.3. The zero-order valence-electron chi connectivity index (χ0n) is 13.1. The second kappa shape index (κ2) is 5.70. The second-order valence-corrected chi connectivity index (χ2v) is 5.60. The van der Waals surface area contributed by atoms with Gasteiger partial charge in [0.2, 0.25) is 0 Å². The summed E-state index contributed by atoms with van der Waals surface area (Å²) < 4.78 is 1.96. The van der Waals surface area contributed by atoms with Gasteiger partial charge in [-0.2, -0.15) is 0 Å². The third-order valence-corrected chi connectivity index (χ3v) is 3.95. The Morgan fingerprint density at radius 1 is 1.08 bits per heavy atom. The average molecular weight is 316 g/mol. The molecule has 0 unspecified atom stereocenters. The molecule has 0 atom stereocenters. The summed E-state index contributed by atoms with van der Waals surface area (Å²) in [6, 6.07) is 15.2. The Balaban J connectivity index is 1.92. The van der Waals surface area contributed by atoms with Gasteiger partial charge in [0.25, 0.3) is 0 Å². The number of nitrogens with zero attached hydrogens (tertiary/aromatic N) is 3. The lowest BCUT2D eigenvalue weighted by Gasteiger charge is -2.11. The third-order valence-electron chi connectivity index (χ3n) is 3.95. The zero-order chi connectivity index (χ0) is 16.5. The molecule has 0 amide bonds. The summed E-state index contributed by atoms with van der Waals surface area (Å²) in [4.78, 5) is 8.82. The predicted molar refractivity (Wildman–Crippen MR) is 94.5 cm³/mol. The third kappa shape index (κ3) is 2.46. The van der Waals surface area contributed by atoms with Gasteiger partial charge in [0.05, 0.1) is 6.20 Å². The van der Waals surface area contributed by atoms with Crippen molar-refractivity contribution in [1.29, 1.82) is 0 Å². The fourth-order valence-electron chi connectivity index (χ4n) is 2.72. The number of aromatic hydroxyl groups is 1. The van der Waals surface area contributed by atoms with Gasteiger partial charge in [0.1, 0.15) is 17.3 Å². The summed E-state index contributed by atoms with van der Waals surface area (Å²) >= 11 is 0. The number of hydrogen-bond acceptors (Lipinski definition) is 4. The number of aryl methyl sites for hydroxylation is 1. The number of fused-ring (bicyclic) bond motifs is 1. The predicted octanol–water partition coefficient (Wildman–Crippen LogP) is 4.15. The van der Waals surface area contributed by atoms with E-state index in [1.165, 1.54) is 0 Å². The smallest absolute Gasteiger partial charge is 0.157 e. The molecule has 5 nitrogen and oxygen atoms in total. The standard InChI is InChI=1S/C19H16N4O/c1-13-5-2-3-8-16(13)21-19-18(14-6-4-7-15(24)11-14)22-17-12-20-9-10-23(17)19/h2-12,21,24H,1H3. The number of hydrogen-bond donors (Lipinski definition) is 2. The molecule has 2 aromatic carbocycles. The van der Waals surface area contributed by atoms with Gasteiger partial charge in [0, 0.05) is 23.6 Å². The maximum absolute atomic E-state index is 9.81. The number of benzene rings is 2. The van der Waals surface area contributed by atoms with Crippen molar-refractivity contribution in [2.75, 3.05) is 5.32 Å². The molecule has 0 aliphatic carbocycles. The highest BCUT2D eigenvalue weighted by Crippen LogP contribution is 2.32. The topological polar surface area (TPSA) is 62.5 Å². The Morgan fingerprint density at radius 3 is 2.79 bits per heavy atom. The van der Waals surface area contributed by atoms with E-state index in [4.69, 9.17) is 0 Å². The van der Waals surface area contributed by atoms with E-state index in [0.717, 1.165) is 34.0 Å². The van der Waals surface area contributed by atoms with E-state index in [9.17, 15) is 5.11 Å². The van der Waals surface area contributed by atoms with Gasteiger partial charge in [-0.25, -0.2) is 4.98 Å². The molecule has 2 heterocycles. The van der Waals surface area contributed by atoms with Crippen LogP contribution in [0.3, 0.4) is 0 Å². The van der Waals surface area contributed by atoms with Gasteiger partial charge < -0.3 is 10.4 Å². The van der Waals surface area contributed by atoms with Crippen molar-refractivity contribution in [3.63, 3.8) is 0 Å². The first-order valence-electron chi connectivity index (χ1n) is 7.66. The lowest BCUT2D eigenvalue weighted by molar-refractivity contribution is 0.475. The molecule has 0 aliphatic rings. The van der Waals surface area contributed by atoms with Crippen molar-refractivity contribution in [2.45, 2.75) is 6.92 Å². The SMILES string of the molecule is Cc1ccccc1Nc1c(-c2cccc(O)c2)nc2cnccn12. The summed E-state index contributed by atoms with van der Waals surface area (Å²) in [6.07, 6.45) is 5.31. The monoisotopic (exact) mass is 316 g/mol. The average Bonchev–Trinajstić information content (AvgIpc) is 2.96. The molecule has 0 aliphatic heterocycles. The highest BCUT2D eigenvalue weighted by molar-refractivity contribution is 5.80. The number of anilines is 2. The van der Waals surface area contributed by atoms with Crippen LogP contribution in [0.25, 0.3) is 16.9 Å². The molecule has 0 spiro atoms. The summed E-state index contributed by atoms with van der Waals surface area (Å²) in [5.41, 5.74) is 4.50. The zero-order valence-corrected chi connectivity index (χ0v) is 13.1. The van der Waals surface area contributed by atoms with Gasteiger partial charge in [-0.05, 0) is 30.7 Å². The molecule has 118 valence electrons. The van der Waals surface area contributed by atoms with E-state index < -0.39 is 0 Å². The molecule has 4 rings (SSSR count). The second-order valence-electron chi connectivity index (χ2n) is 5.60. The Bertz CT molecular complexity index is 1020. The van der Waals surface area contributed by atoms with E-state index >= 15 is 0 Å². The highest BCUT2D eigenvalue weighted by Gasteiger charge is 2.15. The van der Waals surface area contributed by atoms with Crippen LogP contribution in [0.5, 0.6) is 5.75 Å². The van der Waals surface area contributed by atoms with E-state index in [2.05, 4.69) is 28.3 Å². The number of imidazole rings is 1. The van der Waals surface area contributed by atoms with Crippen LogP contribution in [0, 0.1) is 6.92 Å². The molecule has 2 N–H and O–H groups in total. The summed E-state index contributed by atoms with van der Waals surface area (Å²) in [6.45, 7) is 2.06. The van der Waals surface area contributed by atoms with Crippen LogP contribution in [0.15, 0.2) is 67.1 Å². The van der Waals surface area contributed by atoms with Crippen molar-refractivity contribution < 1.29 is 5.11 Å². The normalized spacial score (nSPS) is 10.9. The molecular formula is C19H16N4O. The first kappa shape index (κ1) is 14.3. The first-order chi connectivity index (χ1) is 11.7. The minimum absolute atomic E-state index is 0.213. The van der Waals surface area contributed by atoms with E-state index in [0.29, 0.717) is 0 Å². The van der Waals surface area contributed by atoms with Crippen molar-refractivity contribution in [3.05, 3.63) is 72.7 Å². The number of aromatic nitrogens is 3. The van der Waals surface area contributed by atoms with Gasteiger partial charge >= 0.3 is 0 Å². The Kier molecular flexibility index (Phi) is 3.39. The van der Waals surface area contributed by atoms with Crippen LogP contribution in [-0.4, -0.2) is 19.5 Å². The number of phenols is 1. The summed E-state index contributed by atoms with van der Waals surface area (Å²) in [5.74, 6) is 1.05. The van der Waals surface area contributed by atoms with Gasteiger partial charge in [-0.1, -0.05) is 30.3 Å². The Hall–Kier alpha value is -3.34. The molecule has 24 heavy (non-hydrogen) atoms. The highest BCUT2D eigenvalue weighted by atomic mass is 16.3. The lowest BCUT2D eigenvalue weighted by atomic mass is 10.1. The molecule has 2 aromatic heterocycles. The van der Waals surface area contributed by atoms with E-state index in [1.807, 2.05) is 40.9 Å². The minimum Gasteiger partial charge on any atom is -0.508 e. The lowest BCUT2D eigenvalue weighted by Crippen LogP contribution is -1.98. The maximum atomic E-state index is 9.81. The molecule has 4 aromatic rings. The molecule has 0 radical (unpaired) electrons. The number of phenolic OH excluding ortho intramolecular Hbond substituents is 1. The molecule has 0 bridgehead atoms. The van der Waals surface area contributed by atoms with Crippen LogP contribution in [0.1, 0.15) is 5.56 Å². The van der Waals surface area contributed by atoms with Crippen LogP contribution >= 0.6 is 0 Å². The molecule has 0 saturated heterocycles. The van der Waals surface area contributed by atoms with Crippen LogP contribution < -0.4 is 5.32 Å². The van der Waals surface area contributed by atoms with Crippen LogP contribution in [0.4, 0.5) is 11.5 Å². The molecule has 0 fully saturated rings. The molecule has 0 saturated carbocycles. The first-order valence-corrected chi connectivity index (χ1v) is 7.66. The number of para-hydroxylation sites is 1. The van der Waals surface area contributed by atoms with Crippen LogP contribution in [0.2, 0.25) is 0 Å². The molecular weight excluding hydrogens is 300 g/mol. The van der Waals surface area contributed by atoms with Crippen molar-refractivity contribution in [2.24, 2.45) is 0 Å². The summed E-state index contributed by atoms with van der Waals surface area (Å²) in [7, 11) is 0. The van der Waals surface area contributed by atoms with Gasteiger partial charge in [-0.15, -0.1) is 0 Å². The van der Waals surface area contributed by atoms with Gasteiger partial charge in [0.15, 0.2) is 5.65 Å². The van der Waals surface area contributed by atoms with Gasteiger partial charge in [-0.3, -0.25) is 9.38 Å². The Morgan fingerprint density at radius 2 is 1.96 bits per heavy atom. The van der Waals surface area contributed by atoms with Crippen molar-refractivity contribution in [3.8, 4) is 17.0 Å². The number of rotatable bonds is 3. The quantitative estimate of drug-likeness (QED) is 0.596. The van der Waals surface area contributed by atoms with Crippen molar-refractivity contribution in [1.82, 2.24) is 14.4 Å². The van der Waals surface area contributed by atoms with E-state index in [1.54, 1.807) is 24.5 Å². The van der Waals surface area contributed by atoms with E-state index in [-0.39, 0.29) is 5.75 Å². The molecule has 5 heteroatoms. The van der Waals surface area contributed by atoms with Crippen molar-refractivity contribution >= 4 is 17.2 Å². The Labute approximate surface area is 139 Å².